The summed E-state index contributed by atoms with van der Waals surface area (Å²) in [5.74, 6) is 1.53. The summed E-state index contributed by atoms with van der Waals surface area (Å²) in [5, 5.41) is 3.34. The maximum Gasteiger partial charge on any atom is 0.161 e. The average Bonchev–Trinajstić information content (AvgIpc) is 2.47. The molecular formula is C16H19NO2. The Morgan fingerprint density at radius 3 is 2.26 bits per heavy atom. The van der Waals surface area contributed by atoms with E-state index < -0.39 is 0 Å². The lowest BCUT2D eigenvalue weighted by atomic mass is 10.3. The zero-order valence-electron chi connectivity index (χ0n) is 11.3. The van der Waals surface area contributed by atoms with Crippen LogP contribution in [0.1, 0.15) is 6.92 Å². The minimum absolute atomic E-state index is 0.0523. The highest BCUT2D eigenvalue weighted by atomic mass is 16.5. The summed E-state index contributed by atoms with van der Waals surface area (Å²) < 4.78 is 11.1. The fraction of sp³-hybridized carbons (Fsp3) is 0.250. The van der Waals surface area contributed by atoms with E-state index in [2.05, 4.69) is 5.32 Å². The molecule has 0 fully saturated rings. The molecule has 2 rings (SSSR count). The smallest absolute Gasteiger partial charge is 0.161 e. The van der Waals surface area contributed by atoms with Crippen molar-refractivity contribution in [1.29, 1.82) is 0 Å². The normalized spacial score (nSPS) is 11.7. The predicted molar refractivity (Wildman–Crippen MR) is 78.0 cm³/mol. The van der Waals surface area contributed by atoms with Crippen LogP contribution in [0.4, 0.5) is 5.69 Å². The molecule has 3 heteroatoms. The molecule has 2 aromatic rings. The van der Waals surface area contributed by atoms with E-state index >= 15 is 0 Å². The monoisotopic (exact) mass is 257 g/mol. The van der Waals surface area contributed by atoms with Gasteiger partial charge >= 0.3 is 0 Å². The Morgan fingerprint density at radius 2 is 1.58 bits per heavy atom. The van der Waals surface area contributed by atoms with E-state index in [1.807, 2.05) is 61.5 Å². The number of benzene rings is 2. The van der Waals surface area contributed by atoms with Gasteiger partial charge in [-0.05, 0) is 31.2 Å². The first-order valence-electron chi connectivity index (χ1n) is 6.38. The van der Waals surface area contributed by atoms with Crippen LogP contribution in [-0.4, -0.2) is 19.8 Å². The fourth-order valence-electron chi connectivity index (χ4n) is 1.79. The van der Waals surface area contributed by atoms with E-state index in [1.165, 1.54) is 0 Å². The summed E-state index contributed by atoms with van der Waals surface area (Å²) in [5.41, 5.74) is 1.10. The molecule has 0 aromatic heterocycles. The molecule has 0 heterocycles. The second kappa shape index (κ2) is 6.69. The Hall–Kier alpha value is -2.16. The summed E-state index contributed by atoms with van der Waals surface area (Å²) in [6.07, 6.45) is 0.0523. The third-order valence-electron chi connectivity index (χ3n) is 2.76. The zero-order chi connectivity index (χ0) is 13.5. The topological polar surface area (TPSA) is 30.5 Å². The van der Waals surface area contributed by atoms with Crippen LogP contribution in [0, 0.1) is 0 Å². The van der Waals surface area contributed by atoms with Crippen molar-refractivity contribution >= 4 is 5.69 Å². The van der Waals surface area contributed by atoms with Gasteiger partial charge in [0.1, 0.15) is 6.10 Å². The summed E-state index contributed by atoms with van der Waals surface area (Å²) in [6, 6.07) is 17.8. The Kier molecular flexibility index (Phi) is 4.67. The van der Waals surface area contributed by atoms with Gasteiger partial charge in [-0.3, -0.25) is 0 Å². The van der Waals surface area contributed by atoms with Gasteiger partial charge in [0.15, 0.2) is 11.5 Å². The van der Waals surface area contributed by atoms with Gasteiger partial charge in [0.2, 0.25) is 0 Å². The van der Waals surface area contributed by atoms with Gasteiger partial charge in [0.05, 0.1) is 13.7 Å². The highest BCUT2D eigenvalue weighted by molar-refractivity contribution is 5.43. The van der Waals surface area contributed by atoms with E-state index in [-0.39, 0.29) is 6.10 Å². The van der Waals surface area contributed by atoms with Crippen molar-refractivity contribution in [3.05, 3.63) is 54.6 Å². The summed E-state index contributed by atoms with van der Waals surface area (Å²) >= 11 is 0. The number of methoxy groups -OCH3 is 1. The van der Waals surface area contributed by atoms with Gasteiger partial charge in [-0.1, -0.05) is 30.3 Å². The van der Waals surface area contributed by atoms with Gasteiger partial charge in [0, 0.05) is 5.69 Å². The zero-order valence-corrected chi connectivity index (χ0v) is 11.3. The second-order valence-electron chi connectivity index (χ2n) is 4.33. The average molecular weight is 257 g/mol. The molecule has 100 valence electrons. The molecule has 0 radical (unpaired) electrons. The van der Waals surface area contributed by atoms with Crippen LogP contribution in [0.5, 0.6) is 11.5 Å². The Labute approximate surface area is 114 Å². The van der Waals surface area contributed by atoms with E-state index in [1.54, 1.807) is 7.11 Å². The molecule has 2 aromatic carbocycles. The van der Waals surface area contributed by atoms with Gasteiger partial charge in [-0.25, -0.2) is 0 Å². The molecule has 0 aliphatic carbocycles. The SMILES string of the molecule is COc1ccccc1OC(C)CNc1ccccc1. The first-order chi connectivity index (χ1) is 9.29. The first-order valence-corrected chi connectivity index (χ1v) is 6.38. The molecule has 3 nitrogen and oxygen atoms in total. The van der Waals surface area contributed by atoms with Crippen molar-refractivity contribution in [2.45, 2.75) is 13.0 Å². The van der Waals surface area contributed by atoms with Crippen LogP contribution in [0.3, 0.4) is 0 Å². The molecule has 0 spiro atoms. The largest absolute Gasteiger partial charge is 0.493 e. The predicted octanol–water partition coefficient (Wildman–Crippen LogP) is 3.57. The number of rotatable bonds is 6. The quantitative estimate of drug-likeness (QED) is 0.858. The second-order valence-corrected chi connectivity index (χ2v) is 4.33. The minimum Gasteiger partial charge on any atom is -0.493 e. The summed E-state index contributed by atoms with van der Waals surface area (Å²) in [6.45, 7) is 2.77. The van der Waals surface area contributed by atoms with Gasteiger partial charge < -0.3 is 14.8 Å². The number of ether oxygens (including phenoxy) is 2. The Bertz CT molecular complexity index is 499. The molecule has 19 heavy (non-hydrogen) atoms. The summed E-state index contributed by atoms with van der Waals surface area (Å²) in [7, 11) is 1.65. The third kappa shape index (κ3) is 3.91. The molecule has 0 amide bonds. The van der Waals surface area contributed by atoms with Crippen molar-refractivity contribution in [3.63, 3.8) is 0 Å². The van der Waals surface area contributed by atoms with Crippen molar-refractivity contribution < 1.29 is 9.47 Å². The highest BCUT2D eigenvalue weighted by Gasteiger charge is 2.08. The molecule has 0 saturated heterocycles. The van der Waals surface area contributed by atoms with Crippen LogP contribution in [0.25, 0.3) is 0 Å². The lowest BCUT2D eigenvalue weighted by molar-refractivity contribution is 0.223. The van der Waals surface area contributed by atoms with Crippen molar-refractivity contribution in [1.82, 2.24) is 0 Å². The number of nitrogens with one attached hydrogen (secondary N) is 1. The molecular weight excluding hydrogens is 238 g/mol. The number of hydrogen-bond acceptors (Lipinski definition) is 3. The molecule has 1 atom stereocenters. The number of hydrogen-bond donors (Lipinski definition) is 1. The van der Waals surface area contributed by atoms with E-state index in [0.717, 1.165) is 23.7 Å². The van der Waals surface area contributed by atoms with E-state index in [4.69, 9.17) is 9.47 Å². The van der Waals surface area contributed by atoms with Crippen LogP contribution < -0.4 is 14.8 Å². The molecule has 0 aliphatic heterocycles. The Morgan fingerprint density at radius 1 is 0.947 bits per heavy atom. The molecule has 0 aliphatic rings. The lowest BCUT2D eigenvalue weighted by Gasteiger charge is -2.17. The lowest BCUT2D eigenvalue weighted by Crippen LogP contribution is -2.22. The van der Waals surface area contributed by atoms with Gasteiger partial charge in [-0.2, -0.15) is 0 Å². The first kappa shape index (κ1) is 13.3. The van der Waals surface area contributed by atoms with Gasteiger partial charge in [0.25, 0.3) is 0 Å². The molecule has 0 saturated carbocycles. The van der Waals surface area contributed by atoms with E-state index in [0.29, 0.717) is 0 Å². The van der Waals surface area contributed by atoms with Gasteiger partial charge in [-0.15, -0.1) is 0 Å². The van der Waals surface area contributed by atoms with Crippen LogP contribution in [0.15, 0.2) is 54.6 Å². The van der Waals surface area contributed by atoms with Crippen molar-refractivity contribution in [2.24, 2.45) is 0 Å². The minimum atomic E-state index is 0.0523. The highest BCUT2D eigenvalue weighted by Crippen LogP contribution is 2.26. The molecule has 1 unspecified atom stereocenters. The molecule has 0 bridgehead atoms. The van der Waals surface area contributed by atoms with Crippen molar-refractivity contribution in [3.8, 4) is 11.5 Å². The maximum absolute atomic E-state index is 5.87. The van der Waals surface area contributed by atoms with Crippen molar-refractivity contribution in [2.75, 3.05) is 19.0 Å². The van der Waals surface area contributed by atoms with Crippen LogP contribution in [0.2, 0.25) is 0 Å². The maximum atomic E-state index is 5.87. The summed E-state index contributed by atoms with van der Waals surface area (Å²) in [4.78, 5) is 0. The van der Waals surface area contributed by atoms with Crippen LogP contribution in [-0.2, 0) is 0 Å². The molecule has 1 N–H and O–H groups in total. The Balaban J connectivity index is 1.89. The van der Waals surface area contributed by atoms with E-state index in [9.17, 15) is 0 Å². The number of para-hydroxylation sites is 3. The fourth-order valence-corrected chi connectivity index (χ4v) is 1.79. The third-order valence-corrected chi connectivity index (χ3v) is 2.76. The number of anilines is 1. The van der Waals surface area contributed by atoms with Crippen LogP contribution >= 0.6 is 0 Å². The standard InChI is InChI=1S/C16H19NO2/c1-13(12-17-14-8-4-3-5-9-14)19-16-11-7-6-10-15(16)18-2/h3-11,13,17H,12H2,1-2H3.